The first-order valence-corrected chi connectivity index (χ1v) is 6.46. The minimum Gasteiger partial charge on any atom is -0.313 e. The molecule has 0 aliphatic carbocycles. The van der Waals surface area contributed by atoms with Crippen molar-refractivity contribution in [3.8, 4) is 5.69 Å². The first kappa shape index (κ1) is 12.6. The maximum atomic E-state index is 5.86. The van der Waals surface area contributed by atoms with Crippen molar-refractivity contribution in [3.63, 3.8) is 0 Å². The van der Waals surface area contributed by atoms with Gasteiger partial charge in [0.25, 0.3) is 0 Å². The van der Waals surface area contributed by atoms with Crippen molar-refractivity contribution in [2.75, 3.05) is 7.05 Å². The van der Waals surface area contributed by atoms with Crippen LogP contribution in [0.2, 0.25) is 5.02 Å². The lowest BCUT2D eigenvalue weighted by Crippen LogP contribution is -2.12. The van der Waals surface area contributed by atoms with Gasteiger partial charge in [-0.05, 0) is 47.6 Å². The van der Waals surface area contributed by atoms with Crippen LogP contribution in [0.5, 0.6) is 0 Å². The Bertz CT molecular complexity index is 524. The maximum absolute atomic E-state index is 5.86. The Morgan fingerprint density at radius 3 is 2.76 bits per heavy atom. The molecule has 1 unspecified atom stereocenters. The molecule has 0 radical (unpaired) electrons. The van der Waals surface area contributed by atoms with Gasteiger partial charge in [0.1, 0.15) is 0 Å². The second-order valence-corrected chi connectivity index (χ2v) is 5.12. The number of hydrogen-bond acceptors (Lipinski definition) is 2. The van der Waals surface area contributed by atoms with Crippen LogP contribution < -0.4 is 5.32 Å². The van der Waals surface area contributed by atoms with Crippen molar-refractivity contribution in [2.45, 2.75) is 13.0 Å². The number of aromatic nitrogens is 2. The summed E-state index contributed by atoms with van der Waals surface area (Å²) in [6.07, 6.45) is 3.40. The highest BCUT2D eigenvalue weighted by Crippen LogP contribution is 2.25. The van der Waals surface area contributed by atoms with E-state index < -0.39 is 0 Å². The maximum Gasteiger partial charge on any atom is 0.0790 e. The smallest absolute Gasteiger partial charge is 0.0790 e. The molecule has 1 aromatic carbocycles. The molecule has 0 saturated carbocycles. The van der Waals surface area contributed by atoms with E-state index in [1.807, 2.05) is 13.1 Å². The summed E-state index contributed by atoms with van der Waals surface area (Å²) < 4.78 is 2.75. The first-order chi connectivity index (χ1) is 8.11. The predicted molar refractivity (Wildman–Crippen MR) is 73.7 cm³/mol. The van der Waals surface area contributed by atoms with Crippen molar-refractivity contribution in [3.05, 3.63) is 45.7 Å². The molecule has 0 aliphatic rings. The van der Waals surface area contributed by atoms with E-state index in [1.54, 1.807) is 17.1 Å². The lowest BCUT2D eigenvalue weighted by Gasteiger charge is -2.12. The van der Waals surface area contributed by atoms with Gasteiger partial charge in [-0.15, -0.1) is 0 Å². The van der Waals surface area contributed by atoms with Crippen LogP contribution in [0.1, 0.15) is 18.5 Å². The average molecular weight is 315 g/mol. The van der Waals surface area contributed by atoms with Gasteiger partial charge in [0.05, 0.1) is 16.9 Å². The SMILES string of the molecule is CNC(C)c1ccc(-n2cc(Cl)cn2)c(Br)c1. The minimum atomic E-state index is 0.321. The molecule has 17 heavy (non-hydrogen) atoms. The van der Waals surface area contributed by atoms with Gasteiger partial charge in [0.15, 0.2) is 0 Å². The topological polar surface area (TPSA) is 29.9 Å². The lowest BCUT2D eigenvalue weighted by molar-refractivity contribution is 0.651. The molecule has 3 nitrogen and oxygen atoms in total. The molecule has 0 aliphatic heterocycles. The summed E-state index contributed by atoms with van der Waals surface area (Å²) in [4.78, 5) is 0. The normalized spacial score (nSPS) is 12.7. The summed E-state index contributed by atoms with van der Waals surface area (Å²) in [6.45, 7) is 2.12. The highest BCUT2D eigenvalue weighted by atomic mass is 79.9. The Morgan fingerprint density at radius 1 is 1.47 bits per heavy atom. The summed E-state index contributed by atoms with van der Waals surface area (Å²) in [5.41, 5.74) is 2.20. The van der Waals surface area contributed by atoms with Crippen molar-refractivity contribution in [2.24, 2.45) is 0 Å². The zero-order valence-corrected chi connectivity index (χ0v) is 12.0. The number of hydrogen-bond donors (Lipinski definition) is 1. The van der Waals surface area contributed by atoms with Crippen LogP contribution in [0.15, 0.2) is 35.1 Å². The predicted octanol–water partition coefficient (Wildman–Crippen LogP) is 3.57. The highest BCUT2D eigenvalue weighted by Gasteiger charge is 2.08. The van der Waals surface area contributed by atoms with Crippen LogP contribution in [0.4, 0.5) is 0 Å². The standard InChI is InChI=1S/C12H13BrClN3/c1-8(15-2)9-3-4-12(11(13)5-9)17-7-10(14)6-16-17/h3-8,15H,1-2H3. The van der Waals surface area contributed by atoms with E-state index in [-0.39, 0.29) is 0 Å². The summed E-state index contributed by atoms with van der Waals surface area (Å²) in [6, 6.07) is 6.51. The molecule has 90 valence electrons. The number of benzene rings is 1. The van der Waals surface area contributed by atoms with Gasteiger partial charge in [0.2, 0.25) is 0 Å². The molecule has 2 aromatic rings. The van der Waals surface area contributed by atoms with Gasteiger partial charge in [-0.1, -0.05) is 17.7 Å². The van der Waals surface area contributed by atoms with Crippen molar-refractivity contribution >= 4 is 27.5 Å². The summed E-state index contributed by atoms with van der Waals surface area (Å²) >= 11 is 9.42. The molecule has 1 heterocycles. The van der Waals surface area contributed by atoms with Gasteiger partial charge >= 0.3 is 0 Å². The van der Waals surface area contributed by atoms with Crippen molar-refractivity contribution < 1.29 is 0 Å². The van der Waals surface area contributed by atoms with Crippen LogP contribution in [0.3, 0.4) is 0 Å². The summed E-state index contributed by atoms with van der Waals surface area (Å²) in [5.74, 6) is 0. The zero-order valence-electron chi connectivity index (χ0n) is 9.61. The second kappa shape index (κ2) is 5.21. The molecular formula is C12H13BrClN3. The number of halogens is 2. The van der Waals surface area contributed by atoms with Gasteiger partial charge in [-0.25, -0.2) is 4.68 Å². The van der Waals surface area contributed by atoms with E-state index in [1.165, 1.54) is 5.56 Å². The van der Waals surface area contributed by atoms with Crippen LogP contribution in [-0.2, 0) is 0 Å². The average Bonchev–Trinajstić information content (AvgIpc) is 2.74. The number of nitrogens with one attached hydrogen (secondary N) is 1. The molecule has 0 fully saturated rings. The Morgan fingerprint density at radius 2 is 2.24 bits per heavy atom. The molecule has 1 aromatic heterocycles. The van der Waals surface area contributed by atoms with Gasteiger partial charge in [-0.2, -0.15) is 5.10 Å². The lowest BCUT2D eigenvalue weighted by atomic mass is 10.1. The van der Waals surface area contributed by atoms with E-state index in [0.717, 1.165) is 10.2 Å². The third-order valence-electron chi connectivity index (χ3n) is 2.70. The molecule has 0 spiro atoms. The van der Waals surface area contributed by atoms with Gasteiger partial charge in [-0.3, -0.25) is 0 Å². The third kappa shape index (κ3) is 2.70. The molecular weight excluding hydrogens is 302 g/mol. The number of rotatable bonds is 3. The number of nitrogens with zero attached hydrogens (tertiary/aromatic N) is 2. The largest absolute Gasteiger partial charge is 0.313 e. The van der Waals surface area contributed by atoms with E-state index in [2.05, 4.69) is 45.4 Å². The van der Waals surface area contributed by atoms with Crippen LogP contribution in [0.25, 0.3) is 5.69 Å². The highest BCUT2D eigenvalue weighted by molar-refractivity contribution is 9.10. The van der Waals surface area contributed by atoms with Crippen LogP contribution in [-0.4, -0.2) is 16.8 Å². The molecule has 1 N–H and O–H groups in total. The minimum absolute atomic E-state index is 0.321. The van der Waals surface area contributed by atoms with E-state index in [9.17, 15) is 0 Å². The van der Waals surface area contributed by atoms with E-state index in [4.69, 9.17) is 11.6 Å². The summed E-state index contributed by atoms with van der Waals surface area (Å²) in [7, 11) is 1.94. The molecule has 1 atom stereocenters. The molecule has 5 heteroatoms. The van der Waals surface area contributed by atoms with Crippen LogP contribution >= 0.6 is 27.5 Å². The van der Waals surface area contributed by atoms with Crippen LogP contribution in [0, 0.1) is 0 Å². The fourth-order valence-electron chi connectivity index (χ4n) is 1.58. The second-order valence-electron chi connectivity index (χ2n) is 3.82. The Hall–Kier alpha value is -0.840. The first-order valence-electron chi connectivity index (χ1n) is 5.29. The van der Waals surface area contributed by atoms with E-state index >= 15 is 0 Å². The fraction of sp³-hybridized carbons (Fsp3) is 0.250. The molecule has 0 saturated heterocycles. The monoisotopic (exact) mass is 313 g/mol. The molecule has 2 rings (SSSR count). The zero-order chi connectivity index (χ0) is 12.4. The summed E-state index contributed by atoms with van der Waals surface area (Å²) in [5, 5.41) is 8.02. The quantitative estimate of drug-likeness (QED) is 0.938. The van der Waals surface area contributed by atoms with Crippen molar-refractivity contribution in [1.82, 2.24) is 15.1 Å². The fourth-order valence-corrected chi connectivity index (χ4v) is 2.29. The Balaban J connectivity index is 2.38. The Labute approximate surface area is 114 Å². The third-order valence-corrected chi connectivity index (χ3v) is 3.53. The van der Waals surface area contributed by atoms with E-state index in [0.29, 0.717) is 11.1 Å². The van der Waals surface area contributed by atoms with Gasteiger partial charge < -0.3 is 5.32 Å². The van der Waals surface area contributed by atoms with Gasteiger partial charge in [0, 0.05) is 16.7 Å². The molecule has 0 amide bonds. The molecule has 0 bridgehead atoms. The Kier molecular flexibility index (Phi) is 3.86. The van der Waals surface area contributed by atoms with Crippen molar-refractivity contribution in [1.29, 1.82) is 0 Å².